The molecule has 0 aliphatic carbocycles. The summed E-state index contributed by atoms with van der Waals surface area (Å²) in [6.07, 6.45) is -0.331. The van der Waals surface area contributed by atoms with Crippen molar-refractivity contribution < 1.29 is 8.83 Å². The highest BCUT2D eigenvalue weighted by molar-refractivity contribution is 7.25. The van der Waals surface area contributed by atoms with E-state index < -0.39 is 0 Å². The first-order chi connectivity index (χ1) is 25.7. The van der Waals surface area contributed by atoms with Crippen molar-refractivity contribution in [1.82, 2.24) is 15.5 Å². The molecule has 5 nitrogen and oxygen atoms in total. The van der Waals surface area contributed by atoms with Crippen molar-refractivity contribution >= 4 is 75.4 Å². The third-order valence-electron chi connectivity index (χ3n) is 10.9. The van der Waals surface area contributed by atoms with Gasteiger partial charge in [0.25, 0.3) is 0 Å². The highest BCUT2D eigenvalue weighted by Gasteiger charge is 2.37. The largest absolute Gasteiger partial charge is 0.456 e. The van der Waals surface area contributed by atoms with Gasteiger partial charge in [0.05, 0.1) is 18.5 Å². The van der Waals surface area contributed by atoms with E-state index in [0.717, 1.165) is 60.6 Å². The second-order valence-corrected chi connectivity index (χ2v) is 14.9. The number of thiophene rings is 1. The maximum Gasteiger partial charge on any atom is 0.143 e. The minimum atomic E-state index is -0.201. The van der Waals surface area contributed by atoms with E-state index in [1.165, 1.54) is 31.3 Å². The maximum absolute atomic E-state index is 7.01. The molecule has 10 aromatic rings. The average Bonchev–Trinajstić information content (AvgIpc) is 3.89. The zero-order valence-corrected chi connectivity index (χ0v) is 29.2. The Bertz CT molecular complexity index is 2980. The van der Waals surface area contributed by atoms with Gasteiger partial charge in [-0.05, 0) is 54.1 Å². The predicted molar refractivity (Wildman–Crippen MR) is 214 cm³/mol. The Labute approximate surface area is 303 Å². The zero-order valence-electron chi connectivity index (χ0n) is 28.3. The molecule has 11 rings (SSSR count). The summed E-state index contributed by atoms with van der Waals surface area (Å²) in [7, 11) is 2.21. The molecule has 0 spiro atoms. The van der Waals surface area contributed by atoms with Gasteiger partial charge in [0, 0.05) is 52.8 Å². The van der Waals surface area contributed by atoms with Gasteiger partial charge in [0.1, 0.15) is 22.3 Å². The Morgan fingerprint density at radius 3 is 2.10 bits per heavy atom. The van der Waals surface area contributed by atoms with Crippen LogP contribution >= 0.6 is 11.3 Å². The van der Waals surface area contributed by atoms with Gasteiger partial charge < -0.3 is 8.83 Å². The third-order valence-corrected chi connectivity index (χ3v) is 12.0. The number of furan rings is 2. The lowest BCUT2D eigenvalue weighted by molar-refractivity contribution is 0.0425. The Kier molecular flexibility index (Phi) is 6.69. The standard InChI is InChI=1S/C46H33N3O2S/c1-49-45(27-12-3-2-4-13-27)47-44(48-46(49)34-19-11-23-40-41(34)33-15-6-8-22-39(33)52-40)35-20-10-18-32-31-17-9-16-29(42(31)51-43(32)35)28-24-25-38-36(26-28)30-14-5-7-21-37(30)50-38/h2-26,44-48H,1H3. The number of rotatable bonds is 4. The van der Waals surface area contributed by atoms with E-state index in [9.17, 15) is 0 Å². The van der Waals surface area contributed by atoms with Crippen LogP contribution in [0.5, 0.6) is 0 Å². The van der Waals surface area contributed by atoms with Crippen molar-refractivity contribution in [1.29, 1.82) is 0 Å². The molecular weight excluding hydrogens is 659 g/mol. The van der Waals surface area contributed by atoms with Crippen LogP contribution in [0.1, 0.15) is 35.2 Å². The summed E-state index contributed by atoms with van der Waals surface area (Å²) in [5.41, 5.74) is 9.28. The summed E-state index contributed by atoms with van der Waals surface area (Å²) < 4.78 is 15.8. The minimum absolute atomic E-state index is 0.0516. The average molecular weight is 692 g/mol. The van der Waals surface area contributed by atoms with Crippen molar-refractivity contribution in [2.24, 2.45) is 0 Å². The van der Waals surface area contributed by atoms with Crippen molar-refractivity contribution in [2.45, 2.75) is 18.5 Å². The van der Waals surface area contributed by atoms with Crippen molar-refractivity contribution in [3.05, 3.63) is 168 Å². The SMILES string of the molecule is CN1C(c2ccccc2)NC(c2cccc3c2oc2c(-c4ccc5oc6ccccc6c5c4)cccc23)NC1c1cccc2sc3ccccc3c12. The molecule has 0 amide bonds. The van der Waals surface area contributed by atoms with Crippen molar-refractivity contribution in [3.63, 3.8) is 0 Å². The molecule has 1 fully saturated rings. The van der Waals surface area contributed by atoms with E-state index in [1.807, 2.05) is 23.5 Å². The fraction of sp³-hybridized carbons (Fsp3) is 0.0870. The van der Waals surface area contributed by atoms with Crippen LogP contribution in [0.3, 0.4) is 0 Å². The van der Waals surface area contributed by atoms with Crippen LogP contribution in [-0.2, 0) is 0 Å². The summed E-state index contributed by atoms with van der Waals surface area (Å²) in [4.78, 5) is 2.42. The summed E-state index contributed by atoms with van der Waals surface area (Å²) >= 11 is 1.86. The summed E-state index contributed by atoms with van der Waals surface area (Å²) in [5, 5.41) is 15.1. The first-order valence-corrected chi connectivity index (χ1v) is 18.6. The number of nitrogens with zero attached hydrogens (tertiary/aromatic N) is 1. The lowest BCUT2D eigenvalue weighted by atomic mass is 9.98. The maximum atomic E-state index is 7.01. The van der Waals surface area contributed by atoms with Gasteiger partial charge in [-0.15, -0.1) is 11.3 Å². The lowest BCUT2D eigenvalue weighted by Gasteiger charge is -2.45. The molecule has 2 N–H and O–H groups in total. The van der Waals surface area contributed by atoms with Crippen LogP contribution < -0.4 is 10.6 Å². The van der Waals surface area contributed by atoms with E-state index in [1.54, 1.807) is 0 Å². The van der Waals surface area contributed by atoms with Gasteiger partial charge in [-0.25, -0.2) is 0 Å². The Morgan fingerprint density at radius 1 is 0.519 bits per heavy atom. The molecule has 0 radical (unpaired) electrons. The number of nitrogens with one attached hydrogen (secondary N) is 2. The van der Waals surface area contributed by atoms with Gasteiger partial charge in [0.15, 0.2) is 0 Å². The number of fused-ring (bicyclic) bond motifs is 9. The topological polar surface area (TPSA) is 53.6 Å². The van der Waals surface area contributed by atoms with Crippen LogP contribution in [-0.4, -0.2) is 11.9 Å². The quantitative estimate of drug-likeness (QED) is 0.192. The molecule has 1 saturated heterocycles. The van der Waals surface area contributed by atoms with Crippen molar-refractivity contribution in [2.75, 3.05) is 7.05 Å². The fourth-order valence-corrected chi connectivity index (χ4v) is 9.56. The molecule has 1 aliphatic rings. The highest BCUT2D eigenvalue weighted by atomic mass is 32.1. The van der Waals surface area contributed by atoms with Crippen LogP contribution in [0.4, 0.5) is 0 Å². The molecule has 0 saturated carbocycles. The third kappa shape index (κ3) is 4.52. The molecular formula is C46H33N3O2S. The molecule has 3 aromatic heterocycles. The van der Waals surface area contributed by atoms with E-state index in [2.05, 4.69) is 162 Å². The number of hydrogen-bond acceptors (Lipinski definition) is 6. The smallest absolute Gasteiger partial charge is 0.143 e. The molecule has 52 heavy (non-hydrogen) atoms. The lowest BCUT2D eigenvalue weighted by Crippen LogP contribution is -2.54. The number of hydrogen-bond donors (Lipinski definition) is 2. The second kappa shape index (κ2) is 11.6. The number of para-hydroxylation sites is 3. The van der Waals surface area contributed by atoms with E-state index in [0.29, 0.717) is 0 Å². The Morgan fingerprint density at radius 2 is 1.19 bits per heavy atom. The van der Waals surface area contributed by atoms with Crippen LogP contribution in [0.2, 0.25) is 0 Å². The molecule has 3 unspecified atom stereocenters. The van der Waals surface area contributed by atoms with Gasteiger partial charge in [-0.3, -0.25) is 15.5 Å². The Balaban J connectivity index is 1.07. The first-order valence-electron chi connectivity index (χ1n) is 17.7. The second-order valence-electron chi connectivity index (χ2n) is 13.8. The normalized spacial score (nSPS) is 18.4. The van der Waals surface area contributed by atoms with Crippen LogP contribution in [0, 0.1) is 0 Å². The fourth-order valence-electron chi connectivity index (χ4n) is 8.42. The summed E-state index contributed by atoms with van der Waals surface area (Å²) in [6.45, 7) is 0. The highest BCUT2D eigenvalue weighted by Crippen LogP contribution is 2.44. The van der Waals surface area contributed by atoms with Crippen molar-refractivity contribution in [3.8, 4) is 11.1 Å². The molecule has 6 heteroatoms. The first kappa shape index (κ1) is 29.9. The van der Waals surface area contributed by atoms with Gasteiger partial charge in [-0.1, -0.05) is 121 Å². The van der Waals surface area contributed by atoms with E-state index in [-0.39, 0.29) is 18.5 Å². The van der Waals surface area contributed by atoms with Crippen LogP contribution in [0.15, 0.2) is 160 Å². The zero-order chi connectivity index (χ0) is 34.3. The molecule has 0 bridgehead atoms. The number of benzene rings is 7. The molecule has 4 heterocycles. The molecule has 7 aromatic carbocycles. The Hall–Kier alpha value is -5.76. The molecule has 1 aliphatic heterocycles. The van der Waals surface area contributed by atoms with Gasteiger partial charge in [-0.2, -0.15) is 0 Å². The van der Waals surface area contributed by atoms with E-state index >= 15 is 0 Å². The van der Waals surface area contributed by atoms with E-state index in [4.69, 9.17) is 8.83 Å². The summed E-state index contributed by atoms with van der Waals surface area (Å²) in [5.74, 6) is 0. The van der Waals surface area contributed by atoms with Gasteiger partial charge in [0.2, 0.25) is 0 Å². The molecule has 3 atom stereocenters. The molecule has 250 valence electrons. The van der Waals surface area contributed by atoms with Crippen LogP contribution in [0.25, 0.3) is 75.2 Å². The monoisotopic (exact) mass is 691 g/mol. The minimum Gasteiger partial charge on any atom is -0.456 e. The summed E-state index contributed by atoms with van der Waals surface area (Å²) in [6, 6.07) is 53.9. The van der Waals surface area contributed by atoms with Gasteiger partial charge >= 0.3 is 0 Å². The predicted octanol–water partition coefficient (Wildman–Crippen LogP) is 12.0.